The summed E-state index contributed by atoms with van der Waals surface area (Å²) in [4.78, 5) is 23.1. The fraction of sp³-hybridized carbons (Fsp3) is 0.979. The van der Waals surface area contributed by atoms with Crippen molar-refractivity contribution in [1.82, 2.24) is 5.32 Å². The van der Waals surface area contributed by atoms with Crippen LogP contribution in [0.2, 0.25) is 0 Å². The second kappa shape index (κ2) is 39.9. The summed E-state index contributed by atoms with van der Waals surface area (Å²) in [5.41, 5.74) is 0. The Bertz CT molecular complexity index is 885. The van der Waals surface area contributed by atoms with Crippen molar-refractivity contribution in [3.05, 3.63) is 0 Å². The first-order valence-corrected chi connectivity index (χ1v) is 25.9. The van der Waals surface area contributed by atoms with Crippen LogP contribution >= 0.6 is 7.82 Å². The lowest BCUT2D eigenvalue weighted by molar-refractivity contribution is -0.870. The van der Waals surface area contributed by atoms with Crippen molar-refractivity contribution in [2.75, 3.05) is 40.9 Å². The lowest BCUT2D eigenvalue weighted by Gasteiger charge is -2.26. The number of carbonyl (C=O) groups excluding carboxylic acids is 1. The molecule has 0 aliphatic rings. The van der Waals surface area contributed by atoms with E-state index in [1.807, 2.05) is 21.1 Å². The molecule has 0 aliphatic heterocycles. The van der Waals surface area contributed by atoms with Crippen LogP contribution in [0.15, 0.2) is 0 Å². The number of nitrogens with zero attached hydrogens (tertiary/aromatic N) is 1. The normalized spacial score (nSPS) is 14.2. The van der Waals surface area contributed by atoms with Gasteiger partial charge < -0.3 is 19.8 Å². The van der Waals surface area contributed by atoms with Crippen molar-refractivity contribution in [3.8, 4) is 0 Å². The van der Waals surface area contributed by atoms with E-state index in [1.54, 1.807) is 0 Å². The molecule has 0 bridgehead atoms. The molecule has 0 spiro atoms. The van der Waals surface area contributed by atoms with Crippen molar-refractivity contribution in [2.45, 2.75) is 257 Å². The zero-order valence-corrected chi connectivity index (χ0v) is 39.0. The fourth-order valence-corrected chi connectivity index (χ4v) is 8.20. The van der Waals surface area contributed by atoms with Gasteiger partial charge in [0.05, 0.1) is 39.9 Å². The summed E-state index contributed by atoms with van der Waals surface area (Å²) in [7, 11) is 1.63. The highest BCUT2D eigenvalue weighted by molar-refractivity contribution is 7.47. The summed E-state index contributed by atoms with van der Waals surface area (Å²) < 4.78 is 23.5. The number of aliphatic hydroxyl groups excluding tert-OH is 1. The molecule has 0 saturated heterocycles. The van der Waals surface area contributed by atoms with E-state index in [1.165, 1.54) is 180 Å². The Balaban J connectivity index is 3.92. The number of phosphoric acid groups is 1. The van der Waals surface area contributed by atoms with Gasteiger partial charge in [-0.25, -0.2) is 4.57 Å². The molecule has 3 atom stereocenters. The number of quaternary nitrogens is 1. The van der Waals surface area contributed by atoms with E-state index >= 15 is 0 Å². The zero-order valence-electron chi connectivity index (χ0n) is 38.2. The third-order valence-electron chi connectivity index (χ3n) is 11.4. The Kier molecular flexibility index (Phi) is 39.6. The summed E-state index contributed by atoms with van der Waals surface area (Å²) in [6, 6.07) is -0.751. The lowest BCUT2D eigenvalue weighted by Crippen LogP contribution is -2.46. The first-order chi connectivity index (χ1) is 27.0. The minimum Gasteiger partial charge on any atom is -0.391 e. The highest BCUT2D eigenvalue weighted by Crippen LogP contribution is 2.43. The summed E-state index contributed by atoms with van der Waals surface area (Å²) in [5, 5.41) is 13.8. The maximum Gasteiger partial charge on any atom is 0.472 e. The highest BCUT2D eigenvalue weighted by Gasteiger charge is 2.28. The monoisotopic (exact) mass is 818 g/mol. The highest BCUT2D eigenvalue weighted by atomic mass is 31.2. The smallest absolute Gasteiger partial charge is 0.391 e. The van der Waals surface area contributed by atoms with E-state index in [2.05, 4.69) is 19.2 Å². The van der Waals surface area contributed by atoms with Crippen molar-refractivity contribution in [2.24, 2.45) is 0 Å². The Morgan fingerprint density at radius 3 is 1.20 bits per heavy atom. The predicted molar refractivity (Wildman–Crippen MR) is 240 cm³/mol. The molecule has 3 unspecified atom stereocenters. The number of hydrogen-bond donors (Lipinski definition) is 3. The first-order valence-electron chi connectivity index (χ1n) is 24.4. The summed E-state index contributed by atoms with van der Waals surface area (Å²) in [6.07, 6.45) is 44.6. The molecule has 0 saturated carbocycles. The van der Waals surface area contributed by atoms with Crippen LogP contribution in [0.25, 0.3) is 0 Å². The molecule has 0 aromatic carbocycles. The Labute approximate surface area is 349 Å². The van der Waals surface area contributed by atoms with Crippen LogP contribution in [0.4, 0.5) is 0 Å². The average molecular weight is 818 g/mol. The van der Waals surface area contributed by atoms with E-state index in [9.17, 15) is 19.4 Å². The predicted octanol–water partition coefficient (Wildman–Crippen LogP) is 13.8. The molecule has 0 radical (unpaired) electrons. The van der Waals surface area contributed by atoms with Crippen LogP contribution in [0.1, 0.15) is 245 Å². The van der Waals surface area contributed by atoms with Gasteiger partial charge in [0.15, 0.2) is 0 Å². The van der Waals surface area contributed by atoms with Crippen molar-refractivity contribution < 1.29 is 32.9 Å². The van der Waals surface area contributed by atoms with Gasteiger partial charge in [-0.05, 0) is 12.8 Å². The van der Waals surface area contributed by atoms with Crippen LogP contribution in [0.3, 0.4) is 0 Å². The third kappa shape index (κ3) is 41.7. The van der Waals surface area contributed by atoms with Crippen LogP contribution in [-0.2, 0) is 18.4 Å². The summed E-state index contributed by atoms with van der Waals surface area (Å²) in [5.74, 6) is -0.143. The molecule has 56 heavy (non-hydrogen) atoms. The van der Waals surface area contributed by atoms with Crippen LogP contribution < -0.4 is 5.32 Å². The lowest BCUT2D eigenvalue weighted by atomic mass is 10.0. The van der Waals surface area contributed by atoms with Gasteiger partial charge in [0.25, 0.3) is 0 Å². The van der Waals surface area contributed by atoms with Gasteiger partial charge in [-0.1, -0.05) is 226 Å². The molecule has 9 heteroatoms. The second-order valence-electron chi connectivity index (χ2n) is 18.2. The van der Waals surface area contributed by atoms with E-state index < -0.39 is 20.0 Å². The standard InChI is InChI=1S/C47H97N2O6P/c1-6-8-10-12-14-15-16-17-18-19-20-21-22-23-24-25-26-27-28-29-30-31-32-33-35-37-39-41-47(51)48-45(46(50)40-38-36-34-13-11-9-7-2)44-55-56(52,53)54-43-42-49(3,4)5/h45-46,50H,6-44H2,1-5H3,(H-,48,51,52,53)/p+1. The van der Waals surface area contributed by atoms with E-state index in [4.69, 9.17) is 9.05 Å². The fourth-order valence-electron chi connectivity index (χ4n) is 7.46. The summed E-state index contributed by atoms with van der Waals surface area (Å²) in [6.45, 7) is 4.87. The Hall–Kier alpha value is -0.500. The largest absolute Gasteiger partial charge is 0.472 e. The summed E-state index contributed by atoms with van der Waals surface area (Å²) >= 11 is 0. The number of nitrogens with one attached hydrogen (secondary N) is 1. The van der Waals surface area contributed by atoms with Gasteiger partial charge in [0, 0.05) is 6.42 Å². The number of carbonyl (C=O) groups is 1. The van der Waals surface area contributed by atoms with Gasteiger partial charge in [-0.15, -0.1) is 0 Å². The number of phosphoric ester groups is 1. The molecule has 336 valence electrons. The van der Waals surface area contributed by atoms with Crippen LogP contribution in [0.5, 0.6) is 0 Å². The third-order valence-corrected chi connectivity index (χ3v) is 12.3. The topological polar surface area (TPSA) is 105 Å². The van der Waals surface area contributed by atoms with Gasteiger partial charge in [-0.3, -0.25) is 13.8 Å². The molecule has 0 fully saturated rings. The number of amides is 1. The van der Waals surface area contributed by atoms with E-state index in [0.717, 1.165) is 38.5 Å². The number of unbranched alkanes of at least 4 members (excludes halogenated alkanes) is 32. The van der Waals surface area contributed by atoms with Crippen molar-refractivity contribution in [1.29, 1.82) is 0 Å². The minimum absolute atomic E-state index is 0.0779. The number of rotatable bonds is 45. The molecular formula is C47H98N2O6P+. The van der Waals surface area contributed by atoms with Crippen molar-refractivity contribution in [3.63, 3.8) is 0 Å². The van der Waals surface area contributed by atoms with E-state index in [-0.39, 0.29) is 19.1 Å². The van der Waals surface area contributed by atoms with Gasteiger partial charge in [-0.2, -0.15) is 0 Å². The maximum atomic E-state index is 12.8. The van der Waals surface area contributed by atoms with Gasteiger partial charge in [0.1, 0.15) is 13.2 Å². The molecule has 0 rings (SSSR count). The number of hydrogen-bond acceptors (Lipinski definition) is 5. The van der Waals surface area contributed by atoms with Gasteiger partial charge in [0.2, 0.25) is 5.91 Å². The molecule has 0 heterocycles. The van der Waals surface area contributed by atoms with Crippen LogP contribution in [0, 0.1) is 0 Å². The molecule has 0 aromatic rings. The Morgan fingerprint density at radius 1 is 0.536 bits per heavy atom. The van der Waals surface area contributed by atoms with E-state index in [0.29, 0.717) is 23.9 Å². The Morgan fingerprint density at radius 2 is 0.857 bits per heavy atom. The molecule has 8 nitrogen and oxygen atoms in total. The molecule has 3 N–H and O–H groups in total. The SMILES string of the molecule is CCCCCCCCCCCCCCCCCCCCCCCCCCCCCC(=O)NC(COP(=O)(O)OCC[N+](C)(C)C)C(O)CCCCCCCCC. The zero-order chi connectivity index (χ0) is 41.4. The maximum absolute atomic E-state index is 12.8. The number of aliphatic hydroxyl groups is 1. The van der Waals surface area contributed by atoms with Crippen molar-refractivity contribution >= 4 is 13.7 Å². The number of likely N-dealkylation sites (N-methyl/N-ethyl adjacent to an activating group) is 1. The molecular weight excluding hydrogens is 719 g/mol. The minimum atomic E-state index is -4.30. The molecule has 1 amide bonds. The molecule has 0 aliphatic carbocycles. The van der Waals surface area contributed by atoms with Gasteiger partial charge >= 0.3 is 7.82 Å². The quantitative estimate of drug-likeness (QED) is 0.0321. The first kappa shape index (κ1) is 55.5. The average Bonchev–Trinajstić information content (AvgIpc) is 3.15. The van der Waals surface area contributed by atoms with Crippen LogP contribution in [-0.4, -0.2) is 73.4 Å². The second-order valence-corrected chi connectivity index (χ2v) is 19.7. The molecule has 0 aromatic heterocycles.